The second-order valence-electron chi connectivity index (χ2n) is 4.52. The summed E-state index contributed by atoms with van der Waals surface area (Å²) in [5.74, 6) is 0. The van der Waals surface area contributed by atoms with Crippen LogP contribution >= 0.6 is 12.2 Å². The van der Waals surface area contributed by atoms with Crippen LogP contribution in [0.5, 0.6) is 0 Å². The molecule has 0 unspecified atom stereocenters. The summed E-state index contributed by atoms with van der Waals surface area (Å²) in [6.07, 6.45) is 0. The fraction of sp³-hybridized carbons (Fsp3) is 0.0714. The highest BCUT2D eigenvalue weighted by atomic mass is 32.2. The van der Waals surface area contributed by atoms with E-state index in [2.05, 4.69) is 10.6 Å². The topological polar surface area (TPSA) is 84.2 Å². The third-order valence-electron chi connectivity index (χ3n) is 2.73. The van der Waals surface area contributed by atoms with Gasteiger partial charge in [0.1, 0.15) is 0 Å². The van der Waals surface area contributed by atoms with Crippen molar-refractivity contribution in [2.24, 2.45) is 5.14 Å². The van der Waals surface area contributed by atoms with Crippen molar-refractivity contribution in [3.8, 4) is 0 Å². The van der Waals surface area contributed by atoms with E-state index < -0.39 is 10.0 Å². The first kappa shape index (κ1) is 15.4. The first-order valence-electron chi connectivity index (χ1n) is 6.12. The molecule has 110 valence electrons. The number of thiocarbonyl (C=S) groups is 1. The van der Waals surface area contributed by atoms with Crippen LogP contribution in [-0.2, 0) is 10.0 Å². The van der Waals surface area contributed by atoms with Gasteiger partial charge in [-0.1, -0.05) is 23.8 Å². The zero-order valence-corrected chi connectivity index (χ0v) is 13.0. The zero-order chi connectivity index (χ0) is 15.5. The lowest BCUT2D eigenvalue weighted by Crippen LogP contribution is -2.19. The van der Waals surface area contributed by atoms with E-state index in [-0.39, 0.29) is 4.90 Å². The van der Waals surface area contributed by atoms with Crippen molar-refractivity contribution in [3.63, 3.8) is 0 Å². The number of aryl methyl sites for hydroxylation is 1. The summed E-state index contributed by atoms with van der Waals surface area (Å²) in [4.78, 5) is 0.0330. The van der Waals surface area contributed by atoms with E-state index in [0.29, 0.717) is 10.8 Å². The van der Waals surface area contributed by atoms with E-state index in [1.54, 1.807) is 12.1 Å². The van der Waals surface area contributed by atoms with E-state index in [0.717, 1.165) is 11.3 Å². The van der Waals surface area contributed by atoms with Gasteiger partial charge >= 0.3 is 0 Å². The van der Waals surface area contributed by atoms with Crippen molar-refractivity contribution >= 4 is 38.7 Å². The summed E-state index contributed by atoms with van der Waals surface area (Å²) < 4.78 is 22.6. The van der Waals surface area contributed by atoms with Crippen LogP contribution in [0.15, 0.2) is 53.4 Å². The van der Waals surface area contributed by atoms with Crippen molar-refractivity contribution in [3.05, 3.63) is 54.1 Å². The van der Waals surface area contributed by atoms with E-state index >= 15 is 0 Å². The molecule has 0 amide bonds. The Kier molecular flexibility index (Phi) is 4.56. The summed E-state index contributed by atoms with van der Waals surface area (Å²) in [7, 11) is -3.73. The lowest BCUT2D eigenvalue weighted by atomic mass is 10.2. The molecular weight excluding hydrogens is 306 g/mol. The lowest BCUT2D eigenvalue weighted by molar-refractivity contribution is 0.598. The quantitative estimate of drug-likeness (QED) is 0.756. The zero-order valence-electron chi connectivity index (χ0n) is 11.3. The number of primary sulfonamides is 1. The van der Waals surface area contributed by atoms with Crippen LogP contribution in [-0.4, -0.2) is 13.5 Å². The van der Waals surface area contributed by atoms with Crippen LogP contribution < -0.4 is 15.8 Å². The predicted molar refractivity (Wildman–Crippen MR) is 88.8 cm³/mol. The van der Waals surface area contributed by atoms with Gasteiger partial charge in [0.25, 0.3) is 0 Å². The number of nitrogens with two attached hydrogens (primary N) is 1. The molecule has 0 heterocycles. The van der Waals surface area contributed by atoms with Crippen molar-refractivity contribution in [1.29, 1.82) is 0 Å². The Labute approximate surface area is 129 Å². The van der Waals surface area contributed by atoms with Gasteiger partial charge in [0.05, 0.1) is 4.90 Å². The van der Waals surface area contributed by atoms with Gasteiger partial charge in [-0.05, 0) is 49.5 Å². The molecule has 2 aromatic rings. The highest BCUT2D eigenvalue weighted by Crippen LogP contribution is 2.15. The second kappa shape index (κ2) is 6.21. The Morgan fingerprint density at radius 2 is 1.67 bits per heavy atom. The summed E-state index contributed by atoms with van der Waals surface area (Å²) >= 11 is 5.18. The molecule has 0 aliphatic rings. The standard InChI is InChI=1S/C14H15N3O2S2/c1-10-5-7-11(8-6-10)16-14(20)17-12-3-2-4-13(9-12)21(15,18)19/h2-9H,1H3,(H2,15,18,19)(H2,16,17,20). The van der Waals surface area contributed by atoms with Crippen LogP contribution in [0.1, 0.15) is 5.56 Å². The van der Waals surface area contributed by atoms with E-state index in [9.17, 15) is 8.42 Å². The molecule has 5 nitrogen and oxygen atoms in total. The fourth-order valence-corrected chi connectivity index (χ4v) is 2.48. The maximum absolute atomic E-state index is 11.3. The Hall–Kier alpha value is -1.96. The normalized spacial score (nSPS) is 11.0. The molecule has 0 radical (unpaired) electrons. The summed E-state index contributed by atoms with van der Waals surface area (Å²) in [6, 6.07) is 13.9. The number of hydrogen-bond acceptors (Lipinski definition) is 3. The minimum atomic E-state index is -3.73. The highest BCUT2D eigenvalue weighted by Gasteiger charge is 2.08. The average molecular weight is 321 g/mol. The minimum absolute atomic E-state index is 0.0330. The number of rotatable bonds is 3. The van der Waals surface area contributed by atoms with Gasteiger partial charge in [-0.15, -0.1) is 0 Å². The first-order chi connectivity index (χ1) is 9.84. The number of nitrogens with one attached hydrogen (secondary N) is 2. The maximum atomic E-state index is 11.3. The molecule has 0 saturated carbocycles. The third kappa shape index (κ3) is 4.52. The molecule has 4 N–H and O–H groups in total. The molecule has 0 atom stereocenters. The van der Waals surface area contributed by atoms with E-state index in [1.807, 2.05) is 31.2 Å². The SMILES string of the molecule is Cc1ccc(NC(=S)Nc2cccc(S(N)(=O)=O)c2)cc1. The molecule has 0 aliphatic heterocycles. The molecule has 2 rings (SSSR count). The maximum Gasteiger partial charge on any atom is 0.238 e. The van der Waals surface area contributed by atoms with E-state index in [4.69, 9.17) is 17.4 Å². The molecule has 21 heavy (non-hydrogen) atoms. The molecule has 0 spiro atoms. The average Bonchev–Trinajstić information content (AvgIpc) is 2.41. The monoisotopic (exact) mass is 321 g/mol. The lowest BCUT2D eigenvalue weighted by Gasteiger charge is -2.11. The van der Waals surface area contributed by atoms with Crippen molar-refractivity contribution in [1.82, 2.24) is 0 Å². The second-order valence-corrected chi connectivity index (χ2v) is 6.49. The van der Waals surface area contributed by atoms with Gasteiger partial charge in [-0.3, -0.25) is 0 Å². The van der Waals surface area contributed by atoms with Crippen LogP contribution in [0, 0.1) is 6.92 Å². The van der Waals surface area contributed by atoms with Crippen LogP contribution in [0.3, 0.4) is 0 Å². The largest absolute Gasteiger partial charge is 0.332 e. The Morgan fingerprint density at radius 3 is 2.29 bits per heavy atom. The van der Waals surface area contributed by atoms with Gasteiger partial charge < -0.3 is 10.6 Å². The molecule has 0 saturated heterocycles. The third-order valence-corrected chi connectivity index (χ3v) is 3.84. The number of benzene rings is 2. The van der Waals surface area contributed by atoms with Crippen molar-refractivity contribution in [2.75, 3.05) is 10.6 Å². The molecule has 0 fully saturated rings. The summed E-state index contributed by atoms with van der Waals surface area (Å²) in [5, 5.41) is 11.4. The Bertz CT molecular complexity index is 756. The molecule has 0 aliphatic carbocycles. The van der Waals surface area contributed by atoms with Gasteiger partial charge in [0.2, 0.25) is 10.0 Å². The number of hydrogen-bond donors (Lipinski definition) is 3. The predicted octanol–water partition coefficient (Wildman–Crippen LogP) is 2.45. The molecule has 2 aromatic carbocycles. The van der Waals surface area contributed by atoms with Gasteiger partial charge in [0.15, 0.2) is 5.11 Å². The molecule has 0 bridgehead atoms. The summed E-state index contributed by atoms with van der Waals surface area (Å²) in [5.41, 5.74) is 2.55. The van der Waals surface area contributed by atoms with Gasteiger partial charge in [-0.2, -0.15) is 0 Å². The Morgan fingerprint density at radius 1 is 1.05 bits per heavy atom. The van der Waals surface area contributed by atoms with E-state index in [1.165, 1.54) is 12.1 Å². The van der Waals surface area contributed by atoms with Crippen molar-refractivity contribution < 1.29 is 8.42 Å². The van der Waals surface area contributed by atoms with Crippen LogP contribution in [0.2, 0.25) is 0 Å². The molecule has 7 heteroatoms. The summed E-state index contributed by atoms with van der Waals surface area (Å²) in [6.45, 7) is 2.00. The first-order valence-corrected chi connectivity index (χ1v) is 8.07. The van der Waals surface area contributed by atoms with Gasteiger partial charge in [0, 0.05) is 11.4 Å². The van der Waals surface area contributed by atoms with Gasteiger partial charge in [-0.25, -0.2) is 13.6 Å². The van der Waals surface area contributed by atoms with Crippen LogP contribution in [0.4, 0.5) is 11.4 Å². The van der Waals surface area contributed by atoms with Crippen LogP contribution in [0.25, 0.3) is 0 Å². The number of anilines is 2. The highest BCUT2D eigenvalue weighted by molar-refractivity contribution is 7.89. The smallest absolute Gasteiger partial charge is 0.238 e. The fourth-order valence-electron chi connectivity index (χ4n) is 1.68. The molecular formula is C14H15N3O2S2. The van der Waals surface area contributed by atoms with Crippen molar-refractivity contribution in [2.45, 2.75) is 11.8 Å². The molecule has 0 aromatic heterocycles. The Balaban J connectivity index is 2.08. The minimum Gasteiger partial charge on any atom is -0.332 e. The number of sulfonamides is 1.